The summed E-state index contributed by atoms with van der Waals surface area (Å²) in [6, 6.07) is 5.86. The van der Waals surface area contributed by atoms with Crippen molar-refractivity contribution in [2.45, 2.75) is 45.1 Å². The van der Waals surface area contributed by atoms with Crippen LogP contribution in [-0.4, -0.2) is 23.4 Å². The van der Waals surface area contributed by atoms with Gasteiger partial charge in [-0.2, -0.15) is 0 Å². The van der Waals surface area contributed by atoms with Crippen LogP contribution in [0.3, 0.4) is 0 Å². The molecule has 2 nitrogen and oxygen atoms in total. The van der Waals surface area contributed by atoms with Gasteiger partial charge in [-0.3, -0.25) is 4.79 Å². The second kappa shape index (κ2) is 7.20. The number of carbonyl (C=O) groups excluding carboxylic acids is 1. The average Bonchev–Trinajstić information content (AvgIpc) is 2.48. The first-order valence-electron chi connectivity index (χ1n) is 7.29. The van der Waals surface area contributed by atoms with E-state index < -0.39 is 0 Å². The number of hydrogen-bond donors (Lipinski definition) is 0. The topological polar surface area (TPSA) is 20.3 Å². The van der Waals surface area contributed by atoms with Crippen molar-refractivity contribution in [3.8, 4) is 11.8 Å². The van der Waals surface area contributed by atoms with Gasteiger partial charge in [-0.05, 0) is 43.4 Å². The molecule has 0 aromatic heterocycles. The fourth-order valence-corrected chi connectivity index (χ4v) is 3.16. The molecule has 1 saturated heterocycles. The number of likely N-dealkylation sites (tertiary alicyclic amines) is 1. The van der Waals surface area contributed by atoms with Gasteiger partial charge in [0.15, 0.2) is 0 Å². The van der Waals surface area contributed by atoms with Gasteiger partial charge < -0.3 is 4.90 Å². The molecule has 1 aromatic rings. The van der Waals surface area contributed by atoms with Crippen molar-refractivity contribution in [3.63, 3.8) is 0 Å². The Bertz CT molecular complexity index is 588. The monoisotopic (exact) mass is 323 g/mol. The second-order valence-electron chi connectivity index (χ2n) is 5.32. The number of piperidine rings is 1. The highest BCUT2D eigenvalue weighted by Gasteiger charge is 2.31. The van der Waals surface area contributed by atoms with Crippen molar-refractivity contribution < 1.29 is 4.79 Å². The minimum atomic E-state index is -0.0749. The van der Waals surface area contributed by atoms with E-state index in [-0.39, 0.29) is 17.9 Å². The predicted octanol–water partition coefficient (Wildman–Crippen LogP) is 4.50. The number of amides is 1. The molecule has 0 spiro atoms. The molecule has 0 unspecified atom stereocenters. The zero-order valence-corrected chi connectivity index (χ0v) is 13.8. The van der Waals surface area contributed by atoms with Crippen LogP contribution in [0.25, 0.3) is 0 Å². The molecular weight excluding hydrogens is 305 g/mol. The average molecular weight is 324 g/mol. The fraction of sp³-hybridized carbons (Fsp3) is 0.471. The van der Waals surface area contributed by atoms with E-state index >= 15 is 0 Å². The number of nitrogens with zero attached hydrogens (tertiary/aromatic N) is 1. The molecular formula is C17H19Cl2NO. The number of benzene rings is 1. The molecule has 1 amide bonds. The predicted molar refractivity (Wildman–Crippen MR) is 87.7 cm³/mol. The molecule has 0 saturated carbocycles. The Labute approximate surface area is 136 Å². The molecule has 1 aromatic carbocycles. The van der Waals surface area contributed by atoms with E-state index in [9.17, 15) is 4.79 Å². The zero-order valence-electron chi connectivity index (χ0n) is 12.3. The highest BCUT2D eigenvalue weighted by Crippen LogP contribution is 2.35. The second-order valence-corrected chi connectivity index (χ2v) is 6.13. The molecule has 1 aliphatic heterocycles. The van der Waals surface area contributed by atoms with Crippen molar-refractivity contribution in [2.24, 2.45) is 0 Å². The molecule has 112 valence electrons. The highest BCUT2D eigenvalue weighted by atomic mass is 35.5. The summed E-state index contributed by atoms with van der Waals surface area (Å²) in [4.78, 5) is 14.0. The van der Waals surface area contributed by atoms with E-state index in [1.807, 2.05) is 30.0 Å². The fourth-order valence-electron chi connectivity index (χ4n) is 2.85. The van der Waals surface area contributed by atoms with Crippen LogP contribution < -0.4 is 0 Å². The van der Waals surface area contributed by atoms with Crippen LogP contribution in [0.1, 0.15) is 44.6 Å². The van der Waals surface area contributed by atoms with Crippen molar-refractivity contribution in [3.05, 3.63) is 33.8 Å². The summed E-state index contributed by atoms with van der Waals surface area (Å²) >= 11 is 12.1. The molecule has 21 heavy (non-hydrogen) atoms. The van der Waals surface area contributed by atoms with E-state index in [1.165, 1.54) is 0 Å². The van der Waals surface area contributed by atoms with Gasteiger partial charge in [0, 0.05) is 24.9 Å². The highest BCUT2D eigenvalue weighted by molar-refractivity contribution is 6.42. The quantitative estimate of drug-likeness (QED) is 0.697. The first-order valence-corrected chi connectivity index (χ1v) is 8.04. The number of halogens is 2. The van der Waals surface area contributed by atoms with Crippen LogP contribution in [0.4, 0.5) is 0 Å². The minimum Gasteiger partial charge on any atom is -0.329 e. The molecule has 4 heteroatoms. The number of carbonyl (C=O) groups is 1. The Hall–Kier alpha value is -1.17. The lowest BCUT2D eigenvalue weighted by Crippen LogP contribution is -2.45. The lowest BCUT2D eigenvalue weighted by molar-refractivity contribution is -0.128. The van der Waals surface area contributed by atoms with Gasteiger partial charge in [0.05, 0.1) is 10.0 Å². The van der Waals surface area contributed by atoms with Crippen LogP contribution in [-0.2, 0) is 4.79 Å². The number of hydrogen-bond acceptors (Lipinski definition) is 1. The summed E-state index contributed by atoms with van der Waals surface area (Å²) in [5, 5.41) is 1.13. The van der Waals surface area contributed by atoms with Crippen LogP contribution >= 0.6 is 23.2 Å². The summed E-state index contributed by atoms with van der Waals surface area (Å²) < 4.78 is 0. The lowest BCUT2D eigenvalue weighted by Gasteiger charge is -2.38. The third kappa shape index (κ3) is 3.73. The lowest BCUT2D eigenvalue weighted by atomic mass is 9.84. The van der Waals surface area contributed by atoms with E-state index in [0.717, 1.165) is 24.9 Å². The Morgan fingerprint density at radius 2 is 2.14 bits per heavy atom. The van der Waals surface area contributed by atoms with Crippen LogP contribution in [0, 0.1) is 11.8 Å². The normalized spacial score (nSPS) is 21.6. The summed E-state index contributed by atoms with van der Waals surface area (Å²) in [5.41, 5.74) is 1.14. The Morgan fingerprint density at radius 3 is 2.81 bits per heavy atom. The molecule has 1 fully saturated rings. The van der Waals surface area contributed by atoms with Gasteiger partial charge in [-0.1, -0.05) is 42.1 Å². The van der Waals surface area contributed by atoms with Crippen LogP contribution in [0.2, 0.25) is 10.0 Å². The maximum atomic E-state index is 12.2. The standard InChI is InChI=1S/C17H19Cl2NO/c1-3-4-7-17(21)20-10-5-6-14(12(20)2)13-8-9-15(18)16(19)11-13/h8-9,11-12,14H,3,5-6,10H2,1-2H3/t12-,14+/m0/s1. The third-order valence-corrected chi connectivity index (χ3v) is 4.73. The van der Waals surface area contributed by atoms with E-state index in [4.69, 9.17) is 23.2 Å². The molecule has 1 aliphatic rings. The summed E-state index contributed by atoms with van der Waals surface area (Å²) in [7, 11) is 0. The maximum absolute atomic E-state index is 12.2. The minimum absolute atomic E-state index is 0.0749. The summed E-state index contributed by atoms with van der Waals surface area (Å²) in [6.07, 6.45) is 2.73. The third-order valence-electron chi connectivity index (χ3n) is 3.99. The largest absolute Gasteiger partial charge is 0.329 e. The molecule has 0 N–H and O–H groups in total. The molecule has 2 atom stereocenters. The van der Waals surface area contributed by atoms with Crippen molar-refractivity contribution in [1.29, 1.82) is 0 Å². The van der Waals surface area contributed by atoms with Crippen molar-refractivity contribution >= 4 is 29.1 Å². The smallest absolute Gasteiger partial charge is 0.298 e. The SMILES string of the molecule is CCC#CC(=O)N1CCC[C@@H](c2ccc(Cl)c(Cl)c2)[C@@H]1C. The molecule has 1 heterocycles. The molecule has 2 rings (SSSR count). The molecule has 0 aliphatic carbocycles. The van der Waals surface area contributed by atoms with Crippen molar-refractivity contribution in [2.75, 3.05) is 6.54 Å². The van der Waals surface area contributed by atoms with Crippen LogP contribution in [0.15, 0.2) is 18.2 Å². The van der Waals surface area contributed by atoms with Gasteiger partial charge in [-0.15, -0.1) is 0 Å². The van der Waals surface area contributed by atoms with Gasteiger partial charge in [0.2, 0.25) is 0 Å². The number of rotatable bonds is 1. The van der Waals surface area contributed by atoms with E-state index in [2.05, 4.69) is 18.8 Å². The molecule has 0 bridgehead atoms. The van der Waals surface area contributed by atoms with Crippen LogP contribution in [0.5, 0.6) is 0 Å². The van der Waals surface area contributed by atoms with E-state index in [1.54, 1.807) is 0 Å². The van der Waals surface area contributed by atoms with E-state index in [0.29, 0.717) is 16.5 Å². The van der Waals surface area contributed by atoms with Gasteiger partial charge in [0.25, 0.3) is 5.91 Å². The maximum Gasteiger partial charge on any atom is 0.298 e. The Kier molecular flexibility index (Phi) is 5.56. The summed E-state index contributed by atoms with van der Waals surface area (Å²) in [6.45, 7) is 4.80. The van der Waals surface area contributed by atoms with Gasteiger partial charge >= 0.3 is 0 Å². The van der Waals surface area contributed by atoms with Crippen molar-refractivity contribution in [1.82, 2.24) is 4.90 Å². The Morgan fingerprint density at radius 1 is 1.38 bits per heavy atom. The zero-order chi connectivity index (χ0) is 15.4. The van der Waals surface area contributed by atoms with Gasteiger partial charge in [-0.25, -0.2) is 0 Å². The summed E-state index contributed by atoms with van der Waals surface area (Å²) in [5.74, 6) is 5.78. The first-order chi connectivity index (χ1) is 10.0. The van der Waals surface area contributed by atoms with Gasteiger partial charge in [0.1, 0.15) is 0 Å². The first kappa shape index (κ1) is 16.2. The Balaban J connectivity index is 2.21. The molecule has 0 radical (unpaired) electrons.